The molecular formula is C9H12BrClN2. The fourth-order valence-electron chi connectivity index (χ4n) is 1.10. The maximum absolute atomic E-state index is 5.90. The summed E-state index contributed by atoms with van der Waals surface area (Å²) in [7, 11) is 0. The number of rotatable bonds is 2. The van der Waals surface area contributed by atoms with Crippen LogP contribution in [0.15, 0.2) is 4.47 Å². The Kier molecular flexibility index (Phi) is 3.68. The highest BCUT2D eigenvalue weighted by molar-refractivity contribution is 9.10. The zero-order valence-electron chi connectivity index (χ0n) is 7.93. The van der Waals surface area contributed by atoms with E-state index < -0.39 is 0 Å². The van der Waals surface area contributed by atoms with E-state index in [1.54, 1.807) is 0 Å². The van der Waals surface area contributed by atoms with E-state index in [-0.39, 0.29) is 0 Å². The number of aryl methyl sites for hydroxylation is 1. The Balaban J connectivity index is 3.05. The molecule has 0 radical (unpaired) electrons. The van der Waals surface area contributed by atoms with Crippen LogP contribution in [0, 0.1) is 12.8 Å². The van der Waals surface area contributed by atoms with Crippen LogP contribution in [0.5, 0.6) is 0 Å². The highest BCUT2D eigenvalue weighted by atomic mass is 79.9. The second-order valence-corrected chi connectivity index (χ2v) is 4.57. The quantitative estimate of drug-likeness (QED) is 0.764. The van der Waals surface area contributed by atoms with Gasteiger partial charge in [0.15, 0.2) is 0 Å². The van der Waals surface area contributed by atoms with Crippen LogP contribution >= 0.6 is 27.5 Å². The number of hydrogen-bond acceptors (Lipinski definition) is 2. The summed E-state index contributed by atoms with van der Waals surface area (Å²) in [5.74, 6) is 1.30. The molecule has 0 bridgehead atoms. The van der Waals surface area contributed by atoms with Gasteiger partial charge in [-0.25, -0.2) is 9.97 Å². The van der Waals surface area contributed by atoms with Crippen LogP contribution in [0.2, 0.25) is 5.15 Å². The molecule has 1 rings (SSSR count). The normalized spacial score (nSPS) is 10.9. The average molecular weight is 264 g/mol. The molecule has 0 N–H and O–H groups in total. The number of hydrogen-bond donors (Lipinski definition) is 0. The lowest BCUT2D eigenvalue weighted by Gasteiger charge is -2.07. The molecule has 0 aliphatic carbocycles. The molecule has 1 heterocycles. The van der Waals surface area contributed by atoms with E-state index in [2.05, 4.69) is 39.7 Å². The number of aromatic nitrogens is 2. The Bertz CT molecular complexity index is 313. The van der Waals surface area contributed by atoms with Gasteiger partial charge in [-0.2, -0.15) is 0 Å². The van der Waals surface area contributed by atoms with Gasteiger partial charge in [0.1, 0.15) is 11.0 Å². The van der Waals surface area contributed by atoms with Gasteiger partial charge in [0.25, 0.3) is 0 Å². The van der Waals surface area contributed by atoms with Crippen molar-refractivity contribution in [3.8, 4) is 0 Å². The molecule has 0 aromatic carbocycles. The van der Waals surface area contributed by atoms with E-state index in [1.165, 1.54) is 0 Å². The van der Waals surface area contributed by atoms with Gasteiger partial charge in [0.05, 0.1) is 10.2 Å². The first-order chi connectivity index (χ1) is 6.00. The lowest BCUT2D eigenvalue weighted by Crippen LogP contribution is -2.02. The van der Waals surface area contributed by atoms with Gasteiger partial charge in [0.2, 0.25) is 0 Å². The number of halogens is 2. The third kappa shape index (κ3) is 2.92. The highest BCUT2D eigenvalue weighted by Crippen LogP contribution is 2.24. The van der Waals surface area contributed by atoms with E-state index in [0.717, 1.165) is 22.4 Å². The van der Waals surface area contributed by atoms with E-state index >= 15 is 0 Å². The van der Waals surface area contributed by atoms with Gasteiger partial charge in [0, 0.05) is 0 Å². The zero-order valence-corrected chi connectivity index (χ0v) is 10.3. The number of nitrogens with zero attached hydrogens (tertiary/aromatic N) is 2. The molecule has 0 fully saturated rings. The first-order valence-corrected chi connectivity index (χ1v) is 5.36. The van der Waals surface area contributed by atoms with Crippen molar-refractivity contribution in [1.82, 2.24) is 9.97 Å². The third-order valence-corrected chi connectivity index (χ3v) is 2.93. The van der Waals surface area contributed by atoms with Gasteiger partial charge in [-0.1, -0.05) is 25.4 Å². The minimum Gasteiger partial charge on any atom is -0.237 e. The van der Waals surface area contributed by atoms with Crippen molar-refractivity contribution in [3.63, 3.8) is 0 Å². The zero-order chi connectivity index (χ0) is 10.0. The lowest BCUT2D eigenvalue weighted by atomic mass is 10.1. The largest absolute Gasteiger partial charge is 0.237 e. The smallest absolute Gasteiger partial charge is 0.147 e. The summed E-state index contributed by atoms with van der Waals surface area (Å²) < 4.78 is 0.827. The van der Waals surface area contributed by atoms with Crippen molar-refractivity contribution in [1.29, 1.82) is 0 Å². The van der Waals surface area contributed by atoms with E-state index in [9.17, 15) is 0 Å². The summed E-state index contributed by atoms with van der Waals surface area (Å²) in [4.78, 5) is 8.38. The fraction of sp³-hybridized carbons (Fsp3) is 0.556. The molecule has 1 aromatic rings. The third-order valence-electron chi connectivity index (χ3n) is 1.59. The van der Waals surface area contributed by atoms with Crippen LogP contribution in [-0.2, 0) is 6.42 Å². The first kappa shape index (κ1) is 10.9. The summed E-state index contributed by atoms with van der Waals surface area (Å²) in [6.45, 7) is 6.15. The van der Waals surface area contributed by atoms with Crippen LogP contribution in [0.1, 0.15) is 25.4 Å². The topological polar surface area (TPSA) is 25.8 Å². The molecule has 0 amide bonds. The van der Waals surface area contributed by atoms with Gasteiger partial charge in [-0.05, 0) is 35.2 Å². The van der Waals surface area contributed by atoms with Crippen molar-refractivity contribution < 1.29 is 0 Å². The molecule has 13 heavy (non-hydrogen) atoms. The van der Waals surface area contributed by atoms with Crippen LogP contribution in [0.25, 0.3) is 0 Å². The van der Waals surface area contributed by atoms with Gasteiger partial charge < -0.3 is 0 Å². The summed E-state index contributed by atoms with van der Waals surface area (Å²) in [5, 5.41) is 0.503. The van der Waals surface area contributed by atoms with Crippen LogP contribution in [0.4, 0.5) is 0 Å². The summed E-state index contributed by atoms with van der Waals surface area (Å²) >= 11 is 9.29. The van der Waals surface area contributed by atoms with Gasteiger partial charge >= 0.3 is 0 Å². The Morgan fingerprint density at radius 1 is 1.38 bits per heavy atom. The molecular weight excluding hydrogens is 251 g/mol. The summed E-state index contributed by atoms with van der Waals surface area (Å²) in [6, 6.07) is 0. The van der Waals surface area contributed by atoms with Crippen LogP contribution < -0.4 is 0 Å². The predicted octanol–water partition coefficient (Wildman–Crippen LogP) is 3.40. The van der Waals surface area contributed by atoms with Crippen molar-refractivity contribution in [2.24, 2.45) is 5.92 Å². The molecule has 4 heteroatoms. The molecule has 72 valence electrons. The second-order valence-electron chi connectivity index (χ2n) is 3.42. The minimum absolute atomic E-state index is 0.503. The fourth-order valence-corrected chi connectivity index (χ4v) is 1.67. The minimum atomic E-state index is 0.503. The summed E-state index contributed by atoms with van der Waals surface area (Å²) in [6.07, 6.45) is 0.920. The second kappa shape index (κ2) is 4.38. The Labute approximate surface area is 91.9 Å². The van der Waals surface area contributed by atoms with Gasteiger partial charge in [-0.3, -0.25) is 0 Å². The summed E-state index contributed by atoms with van der Waals surface area (Å²) in [5.41, 5.74) is 0.993. The molecule has 2 nitrogen and oxygen atoms in total. The molecule has 0 saturated carbocycles. The first-order valence-electron chi connectivity index (χ1n) is 4.19. The average Bonchev–Trinajstić information content (AvgIpc) is 1.98. The Morgan fingerprint density at radius 2 is 2.00 bits per heavy atom. The Morgan fingerprint density at radius 3 is 2.54 bits per heavy atom. The van der Waals surface area contributed by atoms with Crippen molar-refractivity contribution in [3.05, 3.63) is 21.1 Å². The molecule has 0 unspecified atom stereocenters. The lowest BCUT2D eigenvalue weighted by molar-refractivity contribution is 0.629. The standard InChI is InChI=1S/C9H12BrClN2/c1-5(2)4-7-8(10)9(11)13-6(3)12-7/h5H,4H2,1-3H3. The van der Waals surface area contributed by atoms with Crippen LogP contribution in [0.3, 0.4) is 0 Å². The van der Waals surface area contributed by atoms with Crippen molar-refractivity contribution >= 4 is 27.5 Å². The monoisotopic (exact) mass is 262 g/mol. The molecule has 0 aliphatic rings. The molecule has 0 aliphatic heterocycles. The highest BCUT2D eigenvalue weighted by Gasteiger charge is 2.09. The Hall–Kier alpha value is -0.150. The van der Waals surface area contributed by atoms with Crippen molar-refractivity contribution in [2.45, 2.75) is 27.2 Å². The SMILES string of the molecule is Cc1nc(Cl)c(Br)c(CC(C)C)n1. The van der Waals surface area contributed by atoms with E-state index in [0.29, 0.717) is 11.1 Å². The van der Waals surface area contributed by atoms with E-state index in [1.807, 2.05) is 6.92 Å². The van der Waals surface area contributed by atoms with Crippen molar-refractivity contribution in [2.75, 3.05) is 0 Å². The maximum Gasteiger partial charge on any atom is 0.147 e. The molecule has 1 aromatic heterocycles. The maximum atomic E-state index is 5.90. The predicted molar refractivity (Wildman–Crippen MR) is 58.0 cm³/mol. The van der Waals surface area contributed by atoms with E-state index in [4.69, 9.17) is 11.6 Å². The van der Waals surface area contributed by atoms with Gasteiger partial charge in [-0.15, -0.1) is 0 Å². The molecule has 0 saturated heterocycles. The molecule has 0 atom stereocenters. The van der Waals surface area contributed by atoms with Crippen LogP contribution in [-0.4, -0.2) is 9.97 Å². The molecule has 0 spiro atoms.